The average Bonchev–Trinajstić information content (AvgIpc) is 2.88. The third-order valence-electron chi connectivity index (χ3n) is 3.08. The minimum atomic E-state index is -0.860. The quantitative estimate of drug-likeness (QED) is 0.767. The summed E-state index contributed by atoms with van der Waals surface area (Å²) >= 11 is 2.81. The Kier molecular flexibility index (Phi) is 7.25. The van der Waals surface area contributed by atoms with E-state index in [1.165, 1.54) is 11.8 Å². The van der Waals surface area contributed by atoms with E-state index >= 15 is 0 Å². The molecule has 1 amide bonds. The van der Waals surface area contributed by atoms with Gasteiger partial charge >= 0.3 is 5.97 Å². The lowest BCUT2D eigenvalue weighted by Gasteiger charge is -2.22. The number of rotatable bonds is 8. The lowest BCUT2D eigenvalue weighted by atomic mass is 10.0. The van der Waals surface area contributed by atoms with Crippen LogP contribution in [0.25, 0.3) is 0 Å². The molecule has 0 saturated heterocycles. The molecular weight excluding hydrogens is 306 g/mol. The van der Waals surface area contributed by atoms with Gasteiger partial charge in [0.25, 0.3) is 0 Å². The summed E-state index contributed by atoms with van der Waals surface area (Å²) in [4.78, 5) is 24.3. The predicted molar refractivity (Wildman–Crippen MR) is 88.8 cm³/mol. The Bertz CT molecular complexity index is 457. The molecule has 0 spiro atoms. The van der Waals surface area contributed by atoms with E-state index in [4.69, 9.17) is 5.11 Å². The summed E-state index contributed by atoms with van der Waals surface area (Å²) in [5.74, 6) is -0.513. The maximum atomic E-state index is 12.1. The molecule has 0 bridgehead atoms. The molecule has 0 fully saturated rings. The number of nitrogens with one attached hydrogen (secondary N) is 1. The van der Waals surface area contributed by atoms with Gasteiger partial charge in [0.15, 0.2) is 0 Å². The van der Waals surface area contributed by atoms with Gasteiger partial charge in [-0.15, -0.1) is 23.1 Å². The second kappa shape index (κ2) is 8.44. The highest BCUT2D eigenvalue weighted by Crippen LogP contribution is 2.26. The number of carbonyl (C=O) groups excluding carboxylic acids is 1. The Morgan fingerprint density at radius 2 is 1.95 bits per heavy atom. The van der Waals surface area contributed by atoms with Gasteiger partial charge in [-0.2, -0.15) is 0 Å². The zero-order valence-corrected chi connectivity index (χ0v) is 14.5. The summed E-state index contributed by atoms with van der Waals surface area (Å²) in [6.45, 7) is 7.83. The fraction of sp³-hybridized carbons (Fsp3) is 0.600. The number of carbonyl (C=O) groups is 2. The van der Waals surface area contributed by atoms with Crippen LogP contribution in [0.3, 0.4) is 0 Å². The second-order valence-corrected chi connectivity index (χ2v) is 7.73. The van der Waals surface area contributed by atoms with Crippen LogP contribution in [-0.2, 0) is 9.59 Å². The van der Waals surface area contributed by atoms with E-state index < -0.39 is 11.2 Å². The number of amides is 1. The highest BCUT2D eigenvalue weighted by Gasteiger charge is 2.24. The zero-order valence-electron chi connectivity index (χ0n) is 12.8. The molecular formula is C15H23NO3S2. The van der Waals surface area contributed by atoms with Crippen LogP contribution in [0.5, 0.6) is 0 Å². The fourth-order valence-corrected chi connectivity index (χ4v) is 3.85. The van der Waals surface area contributed by atoms with E-state index in [0.717, 1.165) is 4.88 Å². The minimum absolute atomic E-state index is 0.00140. The van der Waals surface area contributed by atoms with Crippen LogP contribution < -0.4 is 5.32 Å². The molecule has 4 nitrogen and oxygen atoms in total. The maximum Gasteiger partial charge on any atom is 0.316 e. The van der Waals surface area contributed by atoms with Crippen molar-refractivity contribution in [2.24, 2.45) is 11.8 Å². The van der Waals surface area contributed by atoms with E-state index in [9.17, 15) is 9.59 Å². The second-order valence-electron chi connectivity index (χ2n) is 5.62. The largest absolute Gasteiger partial charge is 0.480 e. The first-order valence-corrected chi connectivity index (χ1v) is 8.93. The first-order valence-electron chi connectivity index (χ1n) is 7.00. The molecule has 0 saturated carbocycles. The molecule has 118 valence electrons. The third kappa shape index (κ3) is 5.71. The monoisotopic (exact) mass is 329 g/mol. The topological polar surface area (TPSA) is 66.4 Å². The van der Waals surface area contributed by atoms with Crippen molar-refractivity contribution in [3.63, 3.8) is 0 Å². The van der Waals surface area contributed by atoms with Gasteiger partial charge in [0.05, 0.1) is 11.8 Å². The molecule has 2 unspecified atom stereocenters. The molecule has 1 aromatic rings. The Balaban J connectivity index is 2.57. The van der Waals surface area contributed by atoms with Crippen LogP contribution in [0.15, 0.2) is 17.5 Å². The van der Waals surface area contributed by atoms with Gasteiger partial charge in [0, 0.05) is 4.88 Å². The fourth-order valence-electron chi connectivity index (χ4n) is 1.96. The van der Waals surface area contributed by atoms with Crippen LogP contribution in [-0.4, -0.2) is 28.0 Å². The van der Waals surface area contributed by atoms with Crippen molar-refractivity contribution in [1.29, 1.82) is 0 Å². The lowest BCUT2D eigenvalue weighted by Crippen LogP contribution is -2.34. The summed E-state index contributed by atoms with van der Waals surface area (Å²) in [5, 5.41) is 13.6. The highest BCUT2D eigenvalue weighted by molar-refractivity contribution is 8.01. The highest BCUT2D eigenvalue weighted by atomic mass is 32.2. The van der Waals surface area contributed by atoms with Crippen LogP contribution in [0.2, 0.25) is 0 Å². The number of thioether (sulfide) groups is 1. The van der Waals surface area contributed by atoms with Gasteiger partial charge in [0.1, 0.15) is 5.25 Å². The van der Waals surface area contributed by atoms with Crippen molar-refractivity contribution in [2.75, 3.05) is 5.75 Å². The van der Waals surface area contributed by atoms with Gasteiger partial charge < -0.3 is 10.4 Å². The van der Waals surface area contributed by atoms with E-state index in [0.29, 0.717) is 0 Å². The summed E-state index contributed by atoms with van der Waals surface area (Å²) in [5.41, 5.74) is 0. The number of aliphatic carboxylic acids is 1. The number of carboxylic acid groups (broad SMARTS) is 1. The normalized spacial score (nSPS) is 14.2. The molecule has 2 N–H and O–H groups in total. The smallest absolute Gasteiger partial charge is 0.316 e. The van der Waals surface area contributed by atoms with E-state index in [1.807, 2.05) is 31.4 Å². The summed E-state index contributed by atoms with van der Waals surface area (Å²) in [6, 6.07) is 3.97. The predicted octanol–water partition coefficient (Wildman–Crippen LogP) is 3.40. The summed E-state index contributed by atoms with van der Waals surface area (Å²) in [7, 11) is 0. The summed E-state index contributed by atoms with van der Waals surface area (Å²) < 4.78 is 0. The number of hydrogen-bond donors (Lipinski definition) is 2. The molecule has 1 rings (SSSR count). The van der Waals surface area contributed by atoms with Gasteiger partial charge in [-0.3, -0.25) is 9.59 Å². The van der Waals surface area contributed by atoms with Crippen LogP contribution in [0.4, 0.5) is 0 Å². The Hall–Kier alpha value is -1.01. The maximum absolute atomic E-state index is 12.1. The molecule has 0 aliphatic carbocycles. The van der Waals surface area contributed by atoms with Crippen molar-refractivity contribution in [2.45, 2.75) is 39.0 Å². The lowest BCUT2D eigenvalue weighted by molar-refractivity contribution is -0.137. The molecule has 0 aliphatic rings. The van der Waals surface area contributed by atoms with E-state index in [-0.39, 0.29) is 29.5 Å². The van der Waals surface area contributed by atoms with Gasteiger partial charge in [0.2, 0.25) is 5.91 Å². The molecule has 2 atom stereocenters. The zero-order chi connectivity index (χ0) is 16.0. The van der Waals surface area contributed by atoms with Crippen molar-refractivity contribution < 1.29 is 14.7 Å². The molecule has 21 heavy (non-hydrogen) atoms. The molecule has 1 heterocycles. The molecule has 6 heteroatoms. The van der Waals surface area contributed by atoms with Gasteiger partial charge in [-0.05, 0) is 23.3 Å². The SMILES string of the molecule is CC(C)C(SCC(=O)NC(c1cccs1)C(C)C)C(=O)O. The van der Waals surface area contributed by atoms with E-state index in [2.05, 4.69) is 19.2 Å². The third-order valence-corrected chi connectivity index (χ3v) is 5.57. The Morgan fingerprint density at radius 3 is 2.38 bits per heavy atom. The Labute approximate surface area is 134 Å². The minimum Gasteiger partial charge on any atom is -0.480 e. The Morgan fingerprint density at radius 1 is 1.29 bits per heavy atom. The number of thiophene rings is 1. The summed E-state index contributed by atoms with van der Waals surface area (Å²) in [6.07, 6.45) is 0. The van der Waals surface area contributed by atoms with Crippen molar-refractivity contribution in [3.8, 4) is 0 Å². The van der Waals surface area contributed by atoms with Crippen molar-refractivity contribution >= 4 is 35.0 Å². The van der Waals surface area contributed by atoms with Gasteiger partial charge in [-0.1, -0.05) is 33.8 Å². The van der Waals surface area contributed by atoms with Crippen molar-refractivity contribution in [1.82, 2.24) is 5.32 Å². The average molecular weight is 329 g/mol. The first-order chi connectivity index (χ1) is 9.82. The molecule has 0 radical (unpaired) electrons. The molecule has 0 aliphatic heterocycles. The number of carboxylic acids is 1. The molecule has 1 aromatic heterocycles. The first kappa shape index (κ1) is 18.0. The van der Waals surface area contributed by atoms with Crippen LogP contribution >= 0.6 is 23.1 Å². The van der Waals surface area contributed by atoms with Crippen LogP contribution in [0, 0.1) is 11.8 Å². The van der Waals surface area contributed by atoms with E-state index in [1.54, 1.807) is 11.3 Å². The molecule has 0 aromatic carbocycles. The van der Waals surface area contributed by atoms with Gasteiger partial charge in [-0.25, -0.2) is 0 Å². The number of hydrogen-bond acceptors (Lipinski definition) is 4. The standard InChI is InChI=1S/C15H23NO3S2/c1-9(2)13(11-6-5-7-20-11)16-12(17)8-21-14(10(3)4)15(18)19/h5-7,9-10,13-14H,8H2,1-4H3,(H,16,17)(H,18,19). The van der Waals surface area contributed by atoms with Crippen LogP contribution in [0.1, 0.15) is 38.6 Å². The van der Waals surface area contributed by atoms with Crippen molar-refractivity contribution in [3.05, 3.63) is 22.4 Å².